The predicted molar refractivity (Wildman–Crippen MR) is 143 cm³/mol. The fraction of sp³-hybridized carbons (Fsp3) is 0.519. The van der Waals surface area contributed by atoms with Gasteiger partial charge in [-0.05, 0) is 62.1 Å². The van der Waals surface area contributed by atoms with Crippen molar-refractivity contribution >= 4 is 39.0 Å². The first-order valence-electron chi connectivity index (χ1n) is 13.1. The van der Waals surface area contributed by atoms with E-state index in [9.17, 15) is 18.0 Å². The molecule has 2 aromatic heterocycles. The zero-order valence-corrected chi connectivity index (χ0v) is 22.1. The van der Waals surface area contributed by atoms with Gasteiger partial charge in [-0.2, -0.15) is 13.2 Å². The number of carbonyl (C=O) groups is 1. The Morgan fingerprint density at radius 3 is 2.55 bits per heavy atom. The number of nitrogens with zero attached hydrogens (tertiary/aromatic N) is 5. The van der Waals surface area contributed by atoms with Crippen LogP contribution < -0.4 is 10.2 Å². The molecular weight excluding hydrogens is 513 g/mol. The molecule has 3 aliphatic rings. The number of aromatic nitrogens is 2. The molecule has 0 bridgehead atoms. The van der Waals surface area contributed by atoms with Crippen LogP contribution in [0.15, 0.2) is 36.7 Å². The second-order valence-electron chi connectivity index (χ2n) is 11.0. The molecule has 4 heterocycles. The maximum atomic E-state index is 12.9. The highest BCUT2D eigenvalue weighted by molar-refractivity contribution is 7.18. The highest BCUT2D eigenvalue weighted by atomic mass is 32.1. The van der Waals surface area contributed by atoms with E-state index < -0.39 is 12.6 Å². The second kappa shape index (κ2) is 9.68. The smallest absolute Gasteiger partial charge is 0.382 e. The molecule has 6 rings (SSSR count). The van der Waals surface area contributed by atoms with Crippen LogP contribution in [-0.4, -0.2) is 84.2 Å². The van der Waals surface area contributed by atoms with Crippen molar-refractivity contribution in [1.82, 2.24) is 19.8 Å². The quantitative estimate of drug-likeness (QED) is 0.505. The van der Waals surface area contributed by atoms with E-state index >= 15 is 0 Å². The molecule has 2 aliphatic heterocycles. The van der Waals surface area contributed by atoms with Crippen molar-refractivity contribution in [3.63, 3.8) is 0 Å². The van der Waals surface area contributed by atoms with Crippen molar-refractivity contribution < 1.29 is 18.0 Å². The van der Waals surface area contributed by atoms with Crippen molar-refractivity contribution in [2.75, 3.05) is 56.5 Å². The molecule has 38 heavy (non-hydrogen) atoms. The fourth-order valence-corrected chi connectivity index (χ4v) is 7.12. The average Bonchev–Trinajstić information content (AvgIpc) is 3.47. The standard InChI is InChI=1S/C27H31F3N6OS/c1-34-8-10-35(11-9-34)25(37)18-2-4-19(5-3-18)33-20-13-26(14-20)6-7-36(16-26)23-22-12-21(15-27(28,29)30)38-24(22)32-17-31-23/h2-5,12,17,20,33H,6-11,13-16H2,1H3. The van der Waals surface area contributed by atoms with Crippen molar-refractivity contribution in [1.29, 1.82) is 0 Å². The maximum absolute atomic E-state index is 12.9. The van der Waals surface area contributed by atoms with Crippen LogP contribution in [0.1, 0.15) is 34.5 Å². The summed E-state index contributed by atoms with van der Waals surface area (Å²) in [5.74, 6) is 0.835. The van der Waals surface area contributed by atoms with Crippen molar-refractivity contribution in [2.24, 2.45) is 5.41 Å². The van der Waals surface area contributed by atoms with Gasteiger partial charge in [0.1, 0.15) is 17.0 Å². The van der Waals surface area contributed by atoms with E-state index in [0.717, 1.165) is 86.9 Å². The number of nitrogens with one attached hydrogen (secondary N) is 1. The number of alkyl halides is 3. The Balaban J connectivity index is 1.05. The van der Waals surface area contributed by atoms with Gasteiger partial charge in [0.2, 0.25) is 0 Å². The van der Waals surface area contributed by atoms with E-state index in [2.05, 4.69) is 32.1 Å². The van der Waals surface area contributed by atoms with Crippen LogP contribution in [0, 0.1) is 5.41 Å². The molecule has 3 fully saturated rings. The third-order valence-electron chi connectivity index (χ3n) is 8.12. The first-order chi connectivity index (χ1) is 18.2. The molecule has 1 spiro atoms. The van der Waals surface area contributed by atoms with Gasteiger partial charge in [-0.15, -0.1) is 11.3 Å². The van der Waals surface area contributed by atoms with E-state index in [1.807, 2.05) is 29.2 Å². The molecule has 3 aromatic rings. The minimum absolute atomic E-state index is 0.0910. The van der Waals surface area contributed by atoms with Crippen LogP contribution in [0.2, 0.25) is 0 Å². The van der Waals surface area contributed by atoms with Gasteiger partial charge in [-0.1, -0.05) is 0 Å². The number of benzene rings is 1. The largest absolute Gasteiger partial charge is 0.393 e. The molecular formula is C27H31F3N6OS. The number of fused-ring (bicyclic) bond motifs is 1. The van der Waals surface area contributed by atoms with Gasteiger partial charge in [0.15, 0.2) is 0 Å². The van der Waals surface area contributed by atoms with Gasteiger partial charge < -0.3 is 20.0 Å². The highest BCUT2D eigenvalue weighted by Gasteiger charge is 2.49. The summed E-state index contributed by atoms with van der Waals surface area (Å²) in [5.41, 5.74) is 1.93. The van der Waals surface area contributed by atoms with E-state index in [0.29, 0.717) is 16.3 Å². The SMILES string of the molecule is CN1CCN(C(=O)c2ccc(NC3CC4(CCN(c5ncnc6sc(CC(F)(F)F)cc56)C4)C3)cc2)CC1. The Hall–Kier alpha value is -2.92. The Labute approximate surface area is 223 Å². The molecule has 1 amide bonds. The van der Waals surface area contributed by atoms with Crippen LogP contribution in [0.4, 0.5) is 24.7 Å². The van der Waals surface area contributed by atoms with Gasteiger partial charge in [-0.25, -0.2) is 9.97 Å². The molecule has 1 aromatic carbocycles. The summed E-state index contributed by atoms with van der Waals surface area (Å²) in [7, 11) is 2.08. The topological polar surface area (TPSA) is 64.6 Å². The number of piperazine rings is 1. The van der Waals surface area contributed by atoms with Crippen LogP contribution >= 0.6 is 11.3 Å². The molecule has 0 unspecified atom stereocenters. The predicted octanol–water partition coefficient (Wildman–Crippen LogP) is 4.65. The van der Waals surface area contributed by atoms with E-state index in [4.69, 9.17) is 0 Å². The molecule has 2 saturated heterocycles. The van der Waals surface area contributed by atoms with Gasteiger partial charge in [0, 0.05) is 61.4 Å². The summed E-state index contributed by atoms with van der Waals surface area (Å²) in [4.78, 5) is 28.7. The molecule has 1 aliphatic carbocycles. The van der Waals surface area contributed by atoms with Gasteiger partial charge in [-0.3, -0.25) is 4.79 Å². The fourth-order valence-electron chi connectivity index (χ4n) is 6.10. The Morgan fingerprint density at radius 1 is 1.11 bits per heavy atom. The summed E-state index contributed by atoms with van der Waals surface area (Å²) >= 11 is 1.10. The van der Waals surface area contributed by atoms with Crippen LogP contribution in [0.3, 0.4) is 0 Å². The Morgan fingerprint density at radius 2 is 1.84 bits per heavy atom. The monoisotopic (exact) mass is 544 g/mol. The number of amides is 1. The summed E-state index contributed by atoms with van der Waals surface area (Å²) in [5, 5.41) is 4.33. The highest BCUT2D eigenvalue weighted by Crippen LogP contribution is 2.50. The second-order valence-corrected chi connectivity index (χ2v) is 12.1. The lowest BCUT2D eigenvalue weighted by Gasteiger charge is -2.46. The number of rotatable bonds is 5. The van der Waals surface area contributed by atoms with Gasteiger partial charge in [0.05, 0.1) is 11.8 Å². The third-order valence-corrected chi connectivity index (χ3v) is 9.17. The van der Waals surface area contributed by atoms with E-state index in [1.54, 1.807) is 6.07 Å². The molecule has 11 heteroatoms. The number of anilines is 2. The lowest BCUT2D eigenvalue weighted by molar-refractivity contribution is -0.126. The molecule has 1 saturated carbocycles. The van der Waals surface area contributed by atoms with Crippen molar-refractivity contribution in [2.45, 2.75) is 37.9 Å². The van der Waals surface area contributed by atoms with Crippen LogP contribution in [-0.2, 0) is 6.42 Å². The maximum Gasteiger partial charge on any atom is 0.393 e. The zero-order valence-electron chi connectivity index (χ0n) is 21.3. The lowest BCUT2D eigenvalue weighted by atomic mass is 9.65. The third kappa shape index (κ3) is 5.18. The molecule has 1 N–H and O–H groups in total. The number of hydrogen-bond donors (Lipinski definition) is 1. The minimum atomic E-state index is -4.24. The van der Waals surface area contributed by atoms with Gasteiger partial charge in [0.25, 0.3) is 5.91 Å². The van der Waals surface area contributed by atoms with E-state index in [-0.39, 0.29) is 16.2 Å². The number of hydrogen-bond acceptors (Lipinski definition) is 7. The zero-order chi connectivity index (χ0) is 26.5. The van der Waals surface area contributed by atoms with Crippen molar-refractivity contribution in [3.05, 3.63) is 47.1 Å². The van der Waals surface area contributed by atoms with Crippen LogP contribution in [0.5, 0.6) is 0 Å². The lowest BCUT2D eigenvalue weighted by Crippen LogP contribution is -2.47. The summed E-state index contributed by atoms with van der Waals surface area (Å²) in [6, 6.07) is 9.76. The van der Waals surface area contributed by atoms with Crippen molar-refractivity contribution in [3.8, 4) is 0 Å². The van der Waals surface area contributed by atoms with E-state index in [1.165, 1.54) is 6.33 Å². The minimum Gasteiger partial charge on any atom is -0.382 e. The summed E-state index contributed by atoms with van der Waals surface area (Å²) in [6.45, 7) is 5.02. The normalized spacial score (nSPS) is 24.3. The number of likely N-dealkylation sites (N-methyl/N-ethyl adjacent to an activating group) is 1. The molecule has 202 valence electrons. The van der Waals surface area contributed by atoms with Gasteiger partial charge >= 0.3 is 6.18 Å². The Bertz CT molecular complexity index is 1310. The first-order valence-corrected chi connectivity index (χ1v) is 13.9. The molecule has 7 nitrogen and oxygen atoms in total. The number of carbonyl (C=O) groups excluding carboxylic acids is 1. The summed E-state index contributed by atoms with van der Waals surface area (Å²) in [6.07, 6.45) is -0.615. The first kappa shape index (κ1) is 25.4. The average molecular weight is 545 g/mol. The molecule has 0 radical (unpaired) electrons. The molecule has 0 atom stereocenters. The number of thiophene rings is 1. The number of halogens is 3. The summed E-state index contributed by atoms with van der Waals surface area (Å²) < 4.78 is 38.7. The Kier molecular flexibility index (Phi) is 6.46. The van der Waals surface area contributed by atoms with Crippen LogP contribution in [0.25, 0.3) is 10.2 Å².